The number of rotatable bonds is 4. The van der Waals surface area contributed by atoms with Crippen LogP contribution in [-0.2, 0) is 19.1 Å². The highest BCUT2D eigenvalue weighted by atomic mass is 127. The van der Waals surface area contributed by atoms with Gasteiger partial charge in [0.25, 0.3) is 0 Å². The Morgan fingerprint density at radius 3 is 2.34 bits per heavy atom. The second-order valence-electron chi connectivity index (χ2n) is 6.11. The van der Waals surface area contributed by atoms with Gasteiger partial charge in [0.05, 0.1) is 5.56 Å². The summed E-state index contributed by atoms with van der Waals surface area (Å²) in [5.41, 5.74) is 1.01. The number of esters is 2. The molecule has 0 aliphatic carbocycles. The molecule has 0 spiro atoms. The summed E-state index contributed by atoms with van der Waals surface area (Å²) < 4.78 is 17.3. The van der Waals surface area contributed by atoms with Crippen LogP contribution in [0.15, 0.2) is 47.6 Å². The van der Waals surface area contributed by atoms with E-state index >= 15 is 0 Å². The van der Waals surface area contributed by atoms with E-state index in [0.717, 1.165) is 9.13 Å². The number of hydrogen-bond acceptors (Lipinski definition) is 7. The number of carbonyl (C=O) groups excluding carboxylic acids is 3. The van der Waals surface area contributed by atoms with Crippen LogP contribution in [0.4, 0.5) is 0 Å². The first-order valence-electron chi connectivity index (χ1n) is 8.57. The molecule has 1 aliphatic rings. The lowest BCUT2D eigenvalue weighted by atomic mass is 10.1. The third-order valence-corrected chi connectivity index (χ3v) is 4.48. The van der Waals surface area contributed by atoms with E-state index in [1.54, 1.807) is 12.1 Å². The lowest BCUT2D eigenvalue weighted by Crippen LogP contribution is -2.25. The van der Waals surface area contributed by atoms with Crippen LogP contribution in [0.1, 0.15) is 38.1 Å². The van der Waals surface area contributed by atoms with Crippen molar-refractivity contribution < 1.29 is 28.6 Å². The smallest absolute Gasteiger partial charge is 0.308 e. The third kappa shape index (κ3) is 4.73. The van der Waals surface area contributed by atoms with Crippen molar-refractivity contribution in [3.05, 3.63) is 57.2 Å². The minimum atomic E-state index is -0.778. The van der Waals surface area contributed by atoms with Gasteiger partial charge in [0.2, 0.25) is 18.0 Å². The molecule has 150 valence electrons. The molecule has 0 saturated carbocycles. The van der Waals surface area contributed by atoms with Gasteiger partial charge in [0.1, 0.15) is 0 Å². The Kier molecular flexibility index (Phi) is 6.16. The van der Waals surface area contributed by atoms with Crippen LogP contribution in [0.5, 0.6) is 11.5 Å². The fourth-order valence-corrected chi connectivity index (χ4v) is 3.29. The molecule has 8 nitrogen and oxygen atoms in total. The first kappa shape index (κ1) is 20.8. The topological polar surface area (TPSA) is 94.5 Å². The number of para-hydroxylation sites is 1. The zero-order valence-corrected chi connectivity index (χ0v) is 18.0. The molecule has 29 heavy (non-hydrogen) atoms. The molecule has 1 atom stereocenters. The molecule has 0 radical (unpaired) electrons. The van der Waals surface area contributed by atoms with E-state index in [1.165, 1.54) is 31.8 Å². The van der Waals surface area contributed by atoms with E-state index in [-0.39, 0.29) is 28.9 Å². The highest BCUT2D eigenvalue weighted by Gasteiger charge is 2.35. The minimum absolute atomic E-state index is 0.0132. The average molecular weight is 508 g/mol. The van der Waals surface area contributed by atoms with Crippen molar-refractivity contribution in [2.45, 2.75) is 27.0 Å². The fourth-order valence-electron chi connectivity index (χ4n) is 2.72. The molecule has 1 heterocycles. The number of halogens is 1. The summed E-state index contributed by atoms with van der Waals surface area (Å²) in [6.45, 7) is 3.83. The Labute approximate surface area is 180 Å². The summed E-state index contributed by atoms with van der Waals surface area (Å²) in [5, 5.41) is 5.48. The number of amides is 1. The first-order chi connectivity index (χ1) is 13.8. The maximum Gasteiger partial charge on any atom is 0.308 e. The lowest BCUT2D eigenvalue weighted by molar-refractivity contribution is -0.135. The van der Waals surface area contributed by atoms with Gasteiger partial charge < -0.3 is 14.2 Å². The van der Waals surface area contributed by atoms with E-state index in [9.17, 15) is 14.4 Å². The molecule has 0 unspecified atom stereocenters. The zero-order chi connectivity index (χ0) is 21.1. The van der Waals surface area contributed by atoms with E-state index in [2.05, 4.69) is 27.7 Å². The summed E-state index contributed by atoms with van der Waals surface area (Å²) in [5.74, 6) is -1.42. The standard InChI is InChI=1S/C20H17IN2O6/c1-11(24)23-20(14-6-4-7-15(21)10-14)29-19(22-23)16-8-5-9-17(27-12(2)25)18(16)28-13(3)26/h4-10,20H,1-3H3/t20-/m1/s1. The molecule has 1 aliphatic heterocycles. The predicted molar refractivity (Wildman–Crippen MR) is 111 cm³/mol. The Bertz CT molecular complexity index is 1020. The van der Waals surface area contributed by atoms with Crippen molar-refractivity contribution in [2.75, 3.05) is 0 Å². The van der Waals surface area contributed by atoms with Crippen LogP contribution in [-0.4, -0.2) is 28.8 Å². The van der Waals surface area contributed by atoms with Crippen LogP contribution in [0, 0.1) is 3.57 Å². The molecular formula is C20H17IN2O6. The molecule has 0 N–H and O–H groups in total. The highest BCUT2D eigenvalue weighted by Crippen LogP contribution is 2.37. The van der Waals surface area contributed by atoms with Crippen LogP contribution in [0.25, 0.3) is 0 Å². The van der Waals surface area contributed by atoms with E-state index in [4.69, 9.17) is 14.2 Å². The van der Waals surface area contributed by atoms with Gasteiger partial charge in [-0.2, -0.15) is 5.01 Å². The molecule has 9 heteroatoms. The van der Waals surface area contributed by atoms with Crippen molar-refractivity contribution in [3.8, 4) is 11.5 Å². The predicted octanol–water partition coefficient (Wildman–Crippen LogP) is 3.38. The van der Waals surface area contributed by atoms with E-state index in [0.29, 0.717) is 0 Å². The van der Waals surface area contributed by atoms with Crippen LogP contribution >= 0.6 is 22.6 Å². The molecule has 0 saturated heterocycles. The molecule has 2 aromatic rings. The Morgan fingerprint density at radius 2 is 1.72 bits per heavy atom. The van der Waals surface area contributed by atoms with Crippen molar-refractivity contribution in [1.29, 1.82) is 0 Å². The van der Waals surface area contributed by atoms with Gasteiger partial charge in [-0.25, -0.2) is 0 Å². The van der Waals surface area contributed by atoms with Gasteiger partial charge in [0.15, 0.2) is 11.5 Å². The number of ether oxygens (including phenoxy) is 3. The number of hydrazone groups is 1. The molecule has 0 bridgehead atoms. The van der Waals surface area contributed by atoms with Crippen LogP contribution < -0.4 is 9.47 Å². The Hall–Kier alpha value is -2.95. The van der Waals surface area contributed by atoms with Gasteiger partial charge in [-0.3, -0.25) is 14.4 Å². The van der Waals surface area contributed by atoms with Crippen molar-refractivity contribution in [3.63, 3.8) is 0 Å². The monoisotopic (exact) mass is 508 g/mol. The molecular weight excluding hydrogens is 491 g/mol. The number of nitrogens with zero attached hydrogens (tertiary/aromatic N) is 2. The number of carbonyl (C=O) groups is 3. The summed E-state index contributed by atoms with van der Waals surface area (Å²) in [6.07, 6.45) is -0.778. The largest absolute Gasteiger partial charge is 0.446 e. The normalized spacial score (nSPS) is 15.4. The highest BCUT2D eigenvalue weighted by molar-refractivity contribution is 14.1. The number of hydrogen-bond donors (Lipinski definition) is 0. The molecule has 0 aromatic heterocycles. The van der Waals surface area contributed by atoms with Crippen LogP contribution in [0.3, 0.4) is 0 Å². The summed E-state index contributed by atoms with van der Waals surface area (Å²) in [4.78, 5) is 35.2. The van der Waals surface area contributed by atoms with Gasteiger partial charge in [-0.15, -0.1) is 5.10 Å². The van der Waals surface area contributed by atoms with Crippen LogP contribution in [0.2, 0.25) is 0 Å². The molecule has 2 aromatic carbocycles. The quantitative estimate of drug-likeness (QED) is 0.357. The zero-order valence-electron chi connectivity index (χ0n) is 15.8. The average Bonchev–Trinajstić information content (AvgIpc) is 3.08. The van der Waals surface area contributed by atoms with Gasteiger partial charge in [-0.1, -0.05) is 18.2 Å². The maximum atomic E-state index is 12.1. The molecule has 1 amide bonds. The minimum Gasteiger partial charge on any atom is -0.446 e. The lowest BCUT2D eigenvalue weighted by Gasteiger charge is -2.19. The molecule has 0 fully saturated rings. The summed E-state index contributed by atoms with van der Waals surface area (Å²) in [7, 11) is 0. The van der Waals surface area contributed by atoms with Crippen molar-refractivity contribution >= 4 is 46.3 Å². The van der Waals surface area contributed by atoms with Gasteiger partial charge in [-0.05, 0) is 46.9 Å². The second kappa shape index (κ2) is 8.60. The van der Waals surface area contributed by atoms with Crippen molar-refractivity contribution in [2.24, 2.45) is 5.10 Å². The van der Waals surface area contributed by atoms with Crippen molar-refractivity contribution in [1.82, 2.24) is 5.01 Å². The number of benzene rings is 2. The summed E-state index contributed by atoms with van der Waals surface area (Å²) >= 11 is 2.16. The fraction of sp³-hybridized carbons (Fsp3) is 0.200. The molecule has 3 rings (SSSR count). The maximum absolute atomic E-state index is 12.1. The Morgan fingerprint density at radius 1 is 1.03 bits per heavy atom. The van der Waals surface area contributed by atoms with Gasteiger partial charge in [0, 0.05) is 29.9 Å². The van der Waals surface area contributed by atoms with Gasteiger partial charge >= 0.3 is 11.9 Å². The first-order valence-corrected chi connectivity index (χ1v) is 9.65. The SMILES string of the molecule is CC(=O)Oc1cccc(C2=NN(C(C)=O)[C@@H](c3cccc(I)c3)O2)c1OC(C)=O. The summed E-state index contributed by atoms with van der Waals surface area (Å²) in [6, 6.07) is 12.1. The third-order valence-electron chi connectivity index (χ3n) is 3.81. The van der Waals surface area contributed by atoms with E-state index in [1.807, 2.05) is 24.3 Å². The Balaban J connectivity index is 2.05. The van der Waals surface area contributed by atoms with E-state index < -0.39 is 18.2 Å². The second-order valence-corrected chi connectivity index (χ2v) is 7.36.